The van der Waals surface area contributed by atoms with Gasteiger partial charge in [-0.05, 0) is 36.4 Å². The number of pyridine rings is 1. The van der Waals surface area contributed by atoms with Crippen LogP contribution in [0.3, 0.4) is 0 Å². The van der Waals surface area contributed by atoms with Gasteiger partial charge in [-0.25, -0.2) is 9.59 Å². The molecule has 3 aromatic heterocycles. The lowest BCUT2D eigenvalue weighted by atomic mass is 10.1. The van der Waals surface area contributed by atoms with Crippen LogP contribution in [0, 0.1) is 0 Å². The minimum atomic E-state index is -1.28. The van der Waals surface area contributed by atoms with Gasteiger partial charge >= 0.3 is 11.9 Å². The van der Waals surface area contributed by atoms with E-state index in [0.717, 1.165) is 11.1 Å². The van der Waals surface area contributed by atoms with Gasteiger partial charge < -0.3 is 14.8 Å². The smallest absolute Gasteiger partial charge is 0.350 e. The van der Waals surface area contributed by atoms with Gasteiger partial charge in [0.2, 0.25) is 0 Å². The van der Waals surface area contributed by atoms with Gasteiger partial charge in [0.25, 0.3) is 5.79 Å². The Balaban J connectivity index is 1.44. The Hall–Kier alpha value is -4.60. The molecule has 0 unspecified atom stereocenters. The standard InChI is InChI=1S/C23H18N6O4/c1-23(2)32-21(30)17(22(31)33-23)13-25-16-5-3-4-15(12-16)18-6-7-19-26-27-20(29(19)28-18)14-8-10-24-11-9-14/h3-13,25H,1-2H3. The second kappa shape index (κ2) is 7.83. The van der Waals surface area contributed by atoms with Crippen molar-refractivity contribution in [3.63, 3.8) is 0 Å². The molecular weight excluding hydrogens is 424 g/mol. The van der Waals surface area contributed by atoms with Gasteiger partial charge in [-0.1, -0.05) is 12.1 Å². The summed E-state index contributed by atoms with van der Waals surface area (Å²) in [4.78, 5) is 28.3. The molecule has 5 rings (SSSR count). The van der Waals surface area contributed by atoms with Crippen molar-refractivity contribution in [1.29, 1.82) is 0 Å². The molecule has 0 saturated carbocycles. The van der Waals surface area contributed by atoms with Crippen LogP contribution in [0.15, 0.2) is 72.7 Å². The molecule has 4 aromatic rings. The molecule has 33 heavy (non-hydrogen) atoms. The lowest BCUT2D eigenvalue weighted by Crippen LogP contribution is -2.42. The van der Waals surface area contributed by atoms with Crippen LogP contribution >= 0.6 is 0 Å². The number of ether oxygens (including phenoxy) is 2. The van der Waals surface area contributed by atoms with Crippen LogP contribution in [0.2, 0.25) is 0 Å². The Bertz CT molecular complexity index is 1390. The number of aromatic nitrogens is 5. The molecule has 4 heterocycles. The number of benzene rings is 1. The van der Waals surface area contributed by atoms with E-state index in [1.165, 1.54) is 20.0 Å². The van der Waals surface area contributed by atoms with E-state index in [9.17, 15) is 9.59 Å². The van der Waals surface area contributed by atoms with Crippen molar-refractivity contribution in [2.75, 3.05) is 5.32 Å². The van der Waals surface area contributed by atoms with Gasteiger partial charge in [0, 0.05) is 49.3 Å². The number of hydrogen-bond donors (Lipinski definition) is 1. The lowest BCUT2D eigenvalue weighted by molar-refractivity contribution is -0.222. The molecule has 0 spiro atoms. The fourth-order valence-electron chi connectivity index (χ4n) is 3.33. The fourth-order valence-corrected chi connectivity index (χ4v) is 3.33. The third-order valence-corrected chi connectivity index (χ3v) is 4.86. The van der Waals surface area contributed by atoms with Crippen molar-refractivity contribution in [2.24, 2.45) is 0 Å². The van der Waals surface area contributed by atoms with Crippen molar-refractivity contribution >= 4 is 23.3 Å². The summed E-state index contributed by atoms with van der Waals surface area (Å²) in [5.74, 6) is -2.18. The molecule has 10 heteroatoms. The molecule has 0 radical (unpaired) electrons. The van der Waals surface area contributed by atoms with E-state index in [1.54, 1.807) is 23.0 Å². The first-order valence-electron chi connectivity index (χ1n) is 10.1. The SMILES string of the molecule is CC1(C)OC(=O)C(=CNc2cccc(-c3ccc4nnc(-c5ccncc5)n4n3)c2)C(=O)O1. The highest BCUT2D eigenvalue weighted by atomic mass is 16.7. The van der Waals surface area contributed by atoms with E-state index in [0.29, 0.717) is 22.9 Å². The van der Waals surface area contributed by atoms with Crippen LogP contribution in [0.25, 0.3) is 28.3 Å². The van der Waals surface area contributed by atoms with Crippen LogP contribution in [-0.4, -0.2) is 42.5 Å². The number of rotatable bonds is 4. The van der Waals surface area contributed by atoms with Gasteiger partial charge in [-0.15, -0.1) is 10.2 Å². The summed E-state index contributed by atoms with van der Waals surface area (Å²) in [7, 11) is 0. The van der Waals surface area contributed by atoms with E-state index >= 15 is 0 Å². The zero-order valence-corrected chi connectivity index (χ0v) is 17.7. The van der Waals surface area contributed by atoms with Gasteiger partial charge in [-0.3, -0.25) is 4.98 Å². The maximum Gasteiger partial charge on any atom is 0.350 e. The monoisotopic (exact) mass is 442 g/mol. The van der Waals surface area contributed by atoms with E-state index in [2.05, 4.69) is 20.5 Å². The van der Waals surface area contributed by atoms with Gasteiger partial charge in [0.05, 0.1) is 5.69 Å². The Morgan fingerprint density at radius 1 is 0.939 bits per heavy atom. The summed E-state index contributed by atoms with van der Waals surface area (Å²) in [5, 5.41) is 16.1. The summed E-state index contributed by atoms with van der Waals surface area (Å²) in [6.45, 7) is 2.99. The summed E-state index contributed by atoms with van der Waals surface area (Å²) in [6.07, 6.45) is 4.64. The van der Waals surface area contributed by atoms with Crippen molar-refractivity contribution in [3.8, 4) is 22.6 Å². The molecule has 1 aliphatic heterocycles. The third kappa shape index (κ3) is 4.01. The Labute approximate surface area is 187 Å². The average Bonchev–Trinajstić information content (AvgIpc) is 3.22. The molecule has 0 aliphatic carbocycles. The van der Waals surface area contributed by atoms with Gasteiger partial charge in [0.15, 0.2) is 17.0 Å². The summed E-state index contributed by atoms with van der Waals surface area (Å²) < 4.78 is 11.9. The molecule has 1 aliphatic rings. The number of fused-ring (bicyclic) bond motifs is 1. The molecule has 0 atom stereocenters. The van der Waals surface area contributed by atoms with Crippen molar-refractivity contribution in [1.82, 2.24) is 24.8 Å². The number of carbonyl (C=O) groups is 2. The highest BCUT2D eigenvalue weighted by molar-refractivity contribution is 6.15. The van der Waals surface area contributed by atoms with Crippen LogP contribution in [-0.2, 0) is 19.1 Å². The second-order valence-electron chi connectivity index (χ2n) is 7.71. The van der Waals surface area contributed by atoms with E-state index in [1.807, 2.05) is 42.5 Å². The maximum atomic E-state index is 12.1. The predicted octanol–water partition coefficient (Wildman–Crippen LogP) is 2.99. The first-order chi connectivity index (χ1) is 15.9. The van der Waals surface area contributed by atoms with Crippen molar-refractivity contribution in [3.05, 3.63) is 72.7 Å². The number of anilines is 1. The molecule has 1 fully saturated rings. The average molecular weight is 442 g/mol. The van der Waals surface area contributed by atoms with Crippen LogP contribution in [0.5, 0.6) is 0 Å². The molecule has 1 N–H and O–H groups in total. The van der Waals surface area contributed by atoms with Crippen molar-refractivity contribution < 1.29 is 19.1 Å². The van der Waals surface area contributed by atoms with E-state index in [-0.39, 0.29) is 5.57 Å². The minimum absolute atomic E-state index is 0.217. The second-order valence-corrected chi connectivity index (χ2v) is 7.71. The molecule has 1 saturated heterocycles. The highest BCUT2D eigenvalue weighted by Gasteiger charge is 2.38. The molecular formula is C23H18N6O4. The molecule has 164 valence electrons. The zero-order chi connectivity index (χ0) is 23.0. The summed E-state index contributed by atoms with van der Waals surface area (Å²) >= 11 is 0. The Kier molecular flexibility index (Phi) is 4.82. The summed E-state index contributed by atoms with van der Waals surface area (Å²) in [6, 6.07) is 14.7. The predicted molar refractivity (Wildman–Crippen MR) is 117 cm³/mol. The maximum absolute atomic E-state index is 12.1. The summed E-state index contributed by atoms with van der Waals surface area (Å²) in [5.41, 5.74) is 3.38. The molecule has 10 nitrogen and oxygen atoms in total. The number of hydrogen-bond acceptors (Lipinski definition) is 9. The topological polar surface area (TPSA) is 121 Å². The van der Waals surface area contributed by atoms with Crippen molar-refractivity contribution in [2.45, 2.75) is 19.6 Å². The highest BCUT2D eigenvalue weighted by Crippen LogP contribution is 2.25. The van der Waals surface area contributed by atoms with Crippen LogP contribution in [0.4, 0.5) is 5.69 Å². The number of cyclic esters (lactones) is 2. The number of esters is 2. The van der Waals surface area contributed by atoms with E-state index in [4.69, 9.17) is 14.6 Å². The van der Waals surface area contributed by atoms with Crippen LogP contribution < -0.4 is 5.32 Å². The van der Waals surface area contributed by atoms with Crippen LogP contribution in [0.1, 0.15) is 13.8 Å². The Morgan fingerprint density at radius 3 is 2.45 bits per heavy atom. The largest absolute Gasteiger partial charge is 0.419 e. The molecule has 1 aromatic carbocycles. The first-order valence-corrected chi connectivity index (χ1v) is 10.1. The van der Waals surface area contributed by atoms with E-state index < -0.39 is 17.7 Å². The van der Waals surface area contributed by atoms with Gasteiger partial charge in [-0.2, -0.15) is 9.61 Å². The fraction of sp³-hybridized carbons (Fsp3) is 0.130. The Morgan fingerprint density at radius 2 is 1.70 bits per heavy atom. The number of nitrogens with one attached hydrogen (secondary N) is 1. The quantitative estimate of drug-likeness (QED) is 0.289. The van der Waals surface area contributed by atoms with Gasteiger partial charge in [0.1, 0.15) is 0 Å². The number of nitrogens with zero attached hydrogens (tertiary/aromatic N) is 5. The minimum Gasteiger partial charge on any atom is -0.419 e. The lowest BCUT2D eigenvalue weighted by Gasteiger charge is -2.29. The molecule has 0 bridgehead atoms. The number of carbonyl (C=O) groups excluding carboxylic acids is 2. The first kappa shape index (κ1) is 20.3. The normalized spacial score (nSPS) is 15.2. The molecule has 0 amide bonds. The zero-order valence-electron chi connectivity index (χ0n) is 17.7. The third-order valence-electron chi connectivity index (χ3n) is 4.86.